The number of nitrogens with zero attached hydrogens (tertiary/aromatic N) is 2. The number of nitro benzene ring substituents is 1. The van der Waals surface area contributed by atoms with Crippen LogP contribution in [0.1, 0.15) is 24.4 Å². The third-order valence-corrected chi connectivity index (χ3v) is 4.22. The summed E-state index contributed by atoms with van der Waals surface area (Å²) in [5, 5.41) is 24.2. The minimum absolute atomic E-state index is 0.138. The molecule has 6 nitrogen and oxygen atoms in total. The molecule has 1 heterocycles. The lowest BCUT2D eigenvalue weighted by molar-refractivity contribution is -0.385. The summed E-state index contributed by atoms with van der Waals surface area (Å²) in [4.78, 5) is 12.5. The molecule has 7 heteroatoms. The molecule has 1 aliphatic heterocycles. The number of benzene rings is 1. The Morgan fingerprint density at radius 3 is 2.62 bits per heavy atom. The van der Waals surface area contributed by atoms with Crippen LogP contribution < -0.4 is 5.32 Å². The Labute approximate surface area is 121 Å². The predicted octanol–water partition coefficient (Wildman–Crippen LogP) is 1.80. The number of phenolic OH excluding ortho intramolecular Hbond substituents is 1. The minimum atomic E-state index is -0.917. The molecule has 1 atom stereocenters. The highest BCUT2D eigenvalue weighted by atomic mass is 19.1. The molecule has 0 bridgehead atoms. The van der Waals surface area contributed by atoms with Crippen molar-refractivity contribution >= 4 is 5.69 Å². The van der Waals surface area contributed by atoms with E-state index in [0.717, 1.165) is 45.1 Å². The Kier molecular flexibility index (Phi) is 3.77. The number of nitro groups is 1. The molecule has 0 radical (unpaired) electrons. The van der Waals surface area contributed by atoms with E-state index in [0.29, 0.717) is 11.5 Å². The summed E-state index contributed by atoms with van der Waals surface area (Å²) in [5.41, 5.74) is 0.0483. The number of hydrogen-bond donors (Lipinski definition) is 2. The molecule has 2 aliphatic rings. The van der Waals surface area contributed by atoms with Crippen LogP contribution in [0.2, 0.25) is 0 Å². The largest absolute Gasteiger partial charge is 0.505 e. The van der Waals surface area contributed by atoms with E-state index >= 15 is 0 Å². The molecule has 21 heavy (non-hydrogen) atoms. The van der Waals surface area contributed by atoms with Crippen LogP contribution >= 0.6 is 0 Å². The fourth-order valence-electron chi connectivity index (χ4n) is 3.06. The molecule has 2 fully saturated rings. The van der Waals surface area contributed by atoms with Crippen molar-refractivity contribution in [2.45, 2.75) is 18.9 Å². The molecule has 0 spiro atoms. The topological polar surface area (TPSA) is 78.6 Å². The SMILES string of the molecule is O=[N+]([O-])c1cc(F)c(O)c([C@H](C2CC2)N2CCNCC2)c1. The first kappa shape index (κ1) is 14.2. The Balaban J connectivity index is 2.00. The highest BCUT2D eigenvalue weighted by Gasteiger charge is 2.39. The molecular formula is C14H18FN3O3. The average Bonchev–Trinajstić information content (AvgIpc) is 3.29. The lowest BCUT2D eigenvalue weighted by atomic mass is 9.98. The van der Waals surface area contributed by atoms with E-state index in [9.17, 15) is 19.6 Å². The summed E-state index contributed by atoms with van der Waals surface area (Å²) >= 11 is 0. The first-order chi connectivity index (χ1) is 10.1. The van der Waals surface area contributed by atoms with Crippen LogP contribution in [0.15, 0.2) is 12.1 Å². The number of aromatic hydroxyl groups is 1. The van der Waals surface area contributed by atoms with Gasteiger partial charge in [-0.25, -0.2) is 4.39 Å². The highest BCUT2D eigenvalue weighted by molar-refractivity contribution is 5.46. The predicted molar refractivity (Wildman–Crippen MR) is 74.6 cm³/mol. The van der Waals surface area contributed by atoms with Gasteiger partial charge in [-0.1, -0.05) is 0 Å². The number of hydrogen-bond acceptors (Lipinski definition) is 5. The van der Waals surface area contributed by atoms with Crippen LogP contribution in [-0.4, -0.2) is 41.1 Å². The van der Waals surface area contributed by atoms with Gasteiger partial charge in [0.2, 0.25) is 0 Å². The van der Waals surface area contributed by atoms with E-state index in [1.807, 2.05) is 0 Å². The molecule has 0 amide bonds. The second-order valence-electron chi connectivity index (χ2n) is 5.69. The Morgan fingerprint density at radius 2 is 2.05 bits per heavy atom. The first-order valence-electron chi connectivity index (χ1n) is 7.19. The van der Waals surface area contributed by atoms with Crippen molar-refractivity contribution in [1.82, 2.24) is 10.2 Å². The van der Waals surface area contributed by atoms with Crippen molar-refractivity contribution in [3.63, 3.8) is 0 Å². The summed E-state index contributed by atoms with van der Waals surface area (Å²) in [6.07, 6.45) is 2.02. The average molecular weight is 295 g/mol. The fraction of sp³-hybridized carbons (Fsp3) is 0.571. The monoisotopic (exact) mass is 295 g/mol. The van der Waals surface area contributed by atoms with E-state index in [4.69, 9.17) is 0 Å². The van der Waals surface area contributed by atoms with Crippen LogP contribution in [0, 0.1) is 21.8 Å². The zero-order valence-corrected chi connectivity index (χ0v) is 11.6. The molecule has 0 aromatic heterocycles. The maximum Gasteiger partial charge on any atom is 0.272 e. The zero-order valence-electron chi connectivity index (χ0n) is 11.6. The van der Waals surface area contributed by atoms with E-state index in [-0.39, 0.29) is 11.7 Å². The number of non-ortho nitro benzene ring substituents is 1. The third-order valence-electron chi connectivity index (χ3n) is 4.22. The van der Waals surface area contributed by atoms with Gasteiger partial charge in [-0.3, -0.25) is 15.0 Å². The minimum Gasteiger partial charge on any atom is -0.505 e. The number of nitrogens with one attached hydrogen (secondary N) is 1. The van der Waals surface area contributed by atoms with Crippen molar-refractivity contribution in [1.29, 1.82) is 0 Å². The molecule has 1 aromatic carbocycles. The lowest BCUT2D eigenvalue weighted by Gasteiger charge is -2.35. The standard InChI is InChI=1S/C14H18FN3O3/c15-12-8-10(18(20)21)7-11(14(12)19)13(9-1-2-9)17-5-3-16-4-6-17/h7-9,13,16,19H,1-6H2/t13-/m0/s1. The number of phenols is 1. The first-order valence-corrected chi connectivity index (χ1v) is 7.19. The molecule has 1 saturated carbocycles. The van der Waals surface area contributed by atoms with E-state index < -0.39 is 16.5 Å². The molecule has 3 rings (SSSR count). The van der Waals surface area contributed by atoms with Crippen LogP contribution in [-0.2, 0) is 0 Å². The van der Waals surface area contributed by atoms with Crippen LogP contribution in [0.25, 0.3) is 0 Å². The van der Waals surface area contributed by atoms with Crippen molar-refractivity contribution < 1.29 is 14.4 Å². The van der Waals surface area contributed by atoms with E-state index in [1.54, 1.807) is 0 Å². The molecule has 0 unspecified atom stereocenters. The molecular weight excluding hydrogens is 277 g/mol. The smallest absolute Gasteiger partial charge is 0.272 e. The molecule has 1 aromatic rings. The van der Waals surface area contributed by atoms with Gasteiger partial charge in [-0.05, 0) is 18.8 Å². The second-order valence-corrected chi connectivity index (χ2v) is 5.69. The Morgan fingerprint density at radius 1 is 1.38 bits per heavy atom. The molecule has 114 valence electrons. The zero-order chi connectivity index (χ0) is 15.0. The van der Waals surface area contributed by atoms with Crippen molar-refractivity contribution in [2.24, 2.45) is 5.92 Å². The summed E-state index contributed by atoms with van der Waals surface area (Å²) < 4.78 is 13.8. The van der Waals surface area contributed by atoms with Crippen LogP contribution in [0.4, 0.5) is 10.1 Å². The van der Waals surface area contributed by atoms with Gasteiger partial charge < -0.3 is 10.4 Å². The van der Waals surface area contributed by atoms with Crippen LogP contribution in [0.3, 0.4) is 0 Å². The van der Waals surface area contributed by atoms with Gasteiger partial charge in [0, 0.05) is 43.9 Å². The van der Waals surface area contributed by atoms with Gasteiger partial charge in [0.05, 0.1) is 11.0 Å². The van der Waals surface area contributed by atoms with Gasteiger partial charge in [-0.2, -0.15) is 0 Å². The van der Waals surface area contributed by atoms with E-state index in [1.165, 1.54) is 6.07 Å². The quantitative estimate of drug-likeness (QED) is 0.654. The summed E-state index contributed by atoms with van der Waals surface area (Å²) in [6, 6.07) is 1.96. The van der Waals surface area contributed by atoms with Crippen molar-refractivity contribution in [2.75, 3.05) is 26.2 Å². The number of piperazine rings is 1. The van der Waals surface area contributed by atoms with E-state index in [2.05, 4.69) is 10.2 Å². The Hall–Kier alpha value is -1.73. The third kappa shape index (κ3) is 2.84. The van der Waals surface area contributed by atoms with Crippen molar-refractivity contribution in [3.05, 3.63) is 33.6 Å². The maximum atomic E-state index is 13.8. The summed E-state index contributed by atoms with van der Waals surface area (Å²) in [7, 11) is 0. The molecule has 1 aliphatic carbocycles. The van der Waals surface area contributed by atoms with Gasteiger partial charge >= 0.3 is 0 Å². The fourth-order valence-corrected chi connectivity index (χ4v) is 3.06. The number of rotatable bonds is 4. The second kappa shape index (κ2) is 5.57. The molecule has 1 saturated heterocycles. The molecule has 2 N–H and O–H groups in total. The number of halogens is 1. The van der Waals surface area contributed by atoms with Gasteiger partial charge in [-0.15, -0.1) is 0 Å². The van der Waals surface area contributed by atoms with Crippen LogP contribution in [0.5, 0.6) is 5.75 Å². The van der Waals surface area contributed by atoms with Gasteiger partial charge in [0.25, 0.3) is 5.69 Å². The lowest BCUT2D eigenvalue weighted by Crippen LogP contribution is -2.45. The summed E-state index contributed by atoms with van der Waals surface area (Å²) in [6.45, 7) is 3.26. The normalized spacial score (nSPS) is 21.2. The van der Waals surface area contributed by atoms with Gasteiger partial charge in [0.15, 0.2) is 11.6 Å². The van der Waals surface area contributed by atoms with Gasteiger partial charge in [0.1, 0.15) is 0 Å². The maximum absolute atomic E-state index is 13.8. The highest BCUT2D eigenvalue weighted by Crippen LogP contribution is 2.48. The summed E-state index contributed by atoms with van der Waals surface area (Å²) in [5.74, 6) is -1.02. The Bertz CT molecular complexity index is 557. The van der Waals surface area contributed by atoms with Crippen molar-refractivity contribution in [3.8, 4) is 5.75 Å².